The number of hydrogen-bond donors (Lipinski definition) is 5. The maximum atomic E-state index is 12.3. The minimum absolute atomic E-state index is 0.140. The van der Waals surface area contributed by atoms with E-state index < -0.39 is 27.7 Å². The minimum atomic E-state index is -4.27. The van der Waals surface area contributed by atoms with Gasteiger partial charge < -0.3 is 41.0 Å². The van der Waals surface area contributed by atoms with Gasteiger partial charge in [0.2, 0.25) is 11.6 Å². The molecule has 0 aromatic heterocycles. The van der Waals surface area contributed by atoms with E-state index in [0.29, 0.717) is 45.4 Å². The van der Waals surface area contributed by atoms with E-state index in [-0.39, 0.29) is 53.3 Å². The van der Waals surface area contributed by atoms with E-state index in [2.05, 4.69) is 18.0 Å². The predicted octanol–water partition coefficient (Wildman–Crippen LogP) is 8.11. The second kappa shape index (κ2) is 37.3. The number of carboxylic acids is 1. The van der Waals surface area contributed by atoms with Gasteiger partial charge in [0.25, 0.3) is 0 Å². The first-order chi connectivity index (χ1) is 32.6. The smallest absolute Gasteiger partial charge is 0.306 e. The largest absolute Gasteiger partial charge is 0.744 e. The number of nitrogens with one attached hydrogen (secondary N) is 1. The second-order valence-electron chi connectivity index (χ2n) is 16.2. The molecular weight excluding hydrogens is 891 g/mol. The molecule has 0 spiro atoms. The standard InChI is InChI=1S/C30H43NO5.C11H15NO2.C7H8O3S.C4H9NO2/c1-2-3-4-5-6-7-8-9-10-11-15-19-25-29(34)26(22-27(32)30(25)35)31-21-16-20-28(33)36-23-24-17-13-12-14-18-24;12-8-4-7-11(13)14-9-10-5-2-1-3-6-10;1-6-2-4-7(5-3-6)11(8,9)10;5-3-1-2-4(6)7/h12-14,17-18,22,31,34H,2-11,15-16,19-21,23H2,1H3;1-3,5-6H,4,7-9,12H2;2-5H,1H3,(H,8,9,10);1-3,5H2,(H,6,7). The number of carbonyl (C=O) groups excluding carboxylic acids is 4. The molecule has 1 aliphatic rings. The van der Waals surface area contributed by atoms with Crippen LogP contribution in [-0.2, 0) is 56.8 Å². The molecule has 68 heavy (non-hydrogen) atoms. The average Bonchev–Trinajstić information content (AvgIpc) is 3.33. The zero-order valence-corrected chi connectivity index (χ0v) is 40.9. The number of hydrogen-bond acceptors (Lipinski definition) is 13. The van der Waals surface area contributed by atoms with Crippen molar-refractivity contribution in [2.45, 2.75) is 148 Å². The lowest BCUT2D eigenvalue weighted by Crippen LogP contribution is -2.50. The Morgan fingerprint density at radius 3 is 1.62 bits per heavy atom. The van der Waals surface area contributed by atoms with Crippen LogP contribution >= 0.6 is 0 Å². The van der Waals surface area contributed by atoms with E-state index in [1.165, 1.54) is 63.5 Å². The number of carboxylic acid groups (broad SMARTS) is 1. The fourth-order valence-electron chi connectivity index (χ4n) is 6.32. The van der Waals surface area contributed by atoms with Crippen molar-refractivity contribution >= 4 is 39.6 Å². The van der Waals surface area contributed by atoms with Gasteiger partial charge in [-0.05, 0) is 62.4 Å². The van der Waals surface area contributed by atoms with Gasteiger partial charge in [-0.3, -0.25) is 24.0 Å². The first-order valence-corrected chi connectivity index (χ1v) is 25.1. The van der Waals surface area contributed by atoms with Crippen molar-refractivity contribution in [1.82, 2.24) is 5.32 Å². The van der Waals surface area contributed by atoms with Crippen LogP contribution < -0.4 is 16.8 Å². The van der Waals surface area contributed by atoms with E-state index in [0.717, 1.165) is 55.0 Å². The molecule has 3 aromatic carbocycles. The molecule has 0 saturated carbocycles. The Balaban J connectivity index is 0.000000580. The molecule has 0 atom stereocenters. The number of aliphatic hydroxyl groups is 1. The van der Waals surface area contributed by atoms with Gasteiger partial charge in [-0.1, -0.05) is 149 Å². The molecular formula is C52H75N3O12S. The molecule has 0 unspecified atom stereocenters. The number of esters is 2. The maximum Gasteiger partial charge on any atom is 0.306 e. The van der Waals surface area contributed by atoms with Crippen LogP contribution in [0.2, 0.25) is 0 Å². The summed E-state index contributed by atoms with van der Waals surface area (Å²) in [6.45, 7) is 6.28. The summed E-state index contributed by atoms with van der Waals surface area (Å²) in [7, 11) is -4.27. The summed E-state index contributed by atoms with van der Waals surface area (Å²) in [5.74, 6) is -2.59. The normalized spacial score (nSPS) is 12.0. The van der Waals surface area contributed by atoms with Crippen LogP contribution in [0.25, 0.3) is 0 Å². The fourth-order valence-corrected chi connectivity index (χ4v) is 6.79. The Bertz CT molecular complexity index is 2070. The third-order valence-corrected chi connectivity index (χ3v) is 11.1. The molecule has 0 bridgehead atoms. The highest BCUT2D eigenvalue weighted by molar-refractivity contribution is 7.85. The maximum absolute atomic E-state index is 12.3. The summed E-state index contributed by atoms with van der Waals surface area (Å²) in [5.41, 5.74) is 12.0. The van der Waals surface area contributed by atoms with Crippen LogP contribution in [-0.4, -0.2) is 72.3 Å². The van der Waals surface area contributed by atoms with Crippen molar-refractivity contribution in [3.8, 4) is 0 Å². The number of aryl methyl sites for hydroxylation is 1. The lowest BCUT2D eigenvalue weighted by molar-refractivity contribution is -0.368. The Kier molecular flexibility index (Phi) is 33.1. The third kappa shape index (κ3) is 29.9. The van der Waals surface area contributed by atoms with Crippen LogP contribution in [0.5, 0.6) is 0 Å². The lowest BCUT2D eigenvalue weighted by Gasteiger charge is -2.17. The van der Waals surface area contributed by atoms with E-state index in [4.69, 9.17) is 20.3 Å². The number of Topliss-reactive ketones (excluding diaryl/α,β-unsaturated/α-hetero) is 1. The number of allylic oxidation sites excluding steroid dienone is 2. The van der Waals surface area contributed by atoms with E-state index in [1.807, 2.05) is 67.6 Å². The van der Waals surface area contributed by atoms with Gasteiger partial charge in [0, 0.05) is 37.5 Å². The van der Waals surface area contributed by atoms with E-state index in [9.17, 15) is 42.0 Å². The van der Waals surface area contributed by atoms with Gasteiger partial charge in [0.15, 0.2) is 0 Å². The van der Waals surface area contributed by atoms with Crippen molar-refractivity contribution in [3.05, 3.63) is 125 Å². The highest BCUT2D eigenvalue weighted by Crippen LogP contribution is 2.23. The van der Waals surface area contributed by atoms with Crippen molar-refractivity contribution in [2.75, 3.05) is 19.6 Å². The summed E-state index contributed by atoms with van der Waals surface area (Å²) >= 11 is 0. The van der Waals surface area contributed by atoms with Crippen molar-refractivity contribution in [3.63, 3.8) is 0 Å². The van der Waals surface area contributed by atoms with Gasteiger partial charge in [0.05, 0.1) is 23.6 Å². The number of rotatable bonds is 28. The molecule has 3 aromatic rings. The summed E-state index contributed by atoms with van der Waals surface area (Å²) in [6, 6.07) is 24.9. The molecule has 0 aliphatic heterocycles. The van der Waals surface area contributed by atoms with Gasteiger partial charge in [-0.25, -0.2) is 8.42 Å². The third-order valence-electron chi connectivity index (χ3n) is 10.2. The van der Waals surface area contributed by atoms with E-state index in [1.54, 1.807) is 12.1 Å². The van der Waals surface area contributed by atoms with Gasteiger partial charge in [-0.15, -0.1) is 0 Å². The summed E-state index contributed by atoms with van der Waals surface area (Å²) in [6.07, 6.45) is 17.5. The van der Waals surface area contributed by atoms with Gasteiger partial charge in [0.1, 0.15) is 29.1 Å². The number of aliphatic carboxylic acids is 1. The molecule has 0 saturated heterocycles. The zero-order valence-electron chi connectivity index (χ0n) is 40.1. The number of unbranched alkanes of at least 4 members (excludes halogenated alkanes) is 10. The predicted molar refractivity (Wildman–Crippen MR) is 261 cm³/mol. The Morgan fingerprint density at radius 2 is 1.18 bits per heavy atom. The Labute approximate surface area is 403 Å². The quantitative estimate of drug-likeness (QED) is 0.0151. The Morgan fingerprint density at radius 1 is 0.691 bits per heavy atom. The lowest BCUT2D eigenvalue weighted by atomic mass is 9.93. The number of aliphatic hydroxyl groups excluding tert-OH is 1. The molecule has 1 aliphatic carbocycles. The molecule has 0 radical (unpaired) electrons. The van der Waals surface area contributed by atoms with Crippen molar-refractivity contribution in [2.24, 2.45) is 5.73 Å². The van der Waals surface area contributed by atoms with Crippen LogP contribution in [0.1, 0.15) is 139 Å². The number of benzene rings is 3. The van der Waals surface area contributed by atoms with Crippen LogP contribution in [0.15, 0.2) is 113 Å². The molecule has 0 heterocycles. The topological polar surface area (TPSA) is 267 Å². The molecule has 8 N–H and O–H groups in total. The number of nitrogens with two attached hydrogens (primary N) is 1. The van der Waals surface area contributed by atoms with Gasteiger partial charge in [-0.2, -0.15) is 0 Å². The molecule has 376 valence electrons. The first kappa shape index (κ1) is 60.3. The van der Waals surface area contributed by atoms with Crippen LogP contribution in [0.3, 0.4) is 0 Å². The van der Waals surface area contributed by atoms with Crippen molar-refractivity contribution in [1.29, 1.82) is 0 Å². The zero-order chi connectivity index (χ0) is 50.4. The number of ketones is 2. The SMILES string of the molecule is CCCCCCCCCCCCCC1=C(O)C(NCCCC(=O)OCc2ccccc2)=CC(=O)C1=O.Cc1ccc(S(=O)(=O)[O-])cc1.NCCCC(=O)O.[NH3+]CCCC(=O)OCc1ccccc1. The second-order valence-corrected chi connectivity index (χ2v) is 17.6. The highest BCUT2D eigenvalue weighted by Gasteiger charge is 2.28. The highest BCUT2D eigenvalue weighted by atomic mass is 32.2. The molecule has 4 rings (SSSR count). The average molecular weight is 966 g/mol. The number of ether oxygens (including phenoxy) is 2. The molecule has 0 fully saturated rings. The summed E-state index contributed by atoms with van der Waals surface area (Å²) in [5, 5.41) is 21.6. The van der Waals surface area contributed by atoms with Crippen LogP contribution in [0, 0.1) is 6.92 Å². The monoisotopic (exact) mass is 966 g/mol. The fraction of sp³-hybridized carbons (Fsp3) is 0.481. The summed E-state index contributed by atoms with van der Waals surface area (Å²) in [4.78, 5) is 57.0. The number of carbonyl (C=O) groups is 5. The number of quaternary nitrogens is 1. The van der Waals surface area contributed by atoms with Crippen molar-refractivity contribution < 1.29 is 62.4 Å². The summed E-state index contributed by atoms with van der Waals surface area (Å²) < 4.78 is 41.5. The molecule has 16 heteroatoms. The molecule has 0 amide bonds. The van der Waals surface area contributed by atoms with Crippen LogP contribution in [0.4, 0.5) is 0 Å². The Hall–Kier alpha value is -5.68. The molecule has 15 nitrogen and oxygen atoms in total. The minimum Gasteiger partial charge on any atom is -0.744 e. The van der Waals surface area contributed by atoms with Gasteiger partial charge >= 0.3 is 17.9 Å². The first-order valence-electron chi connectivity index (χ1n) is 23.7. The van der Waals surface area contributed by atoms with E-state index >= 15 is 0 Å².